The smallest absolute Gasteiger partial charge is 0.186 e. The van der Waals surface area contributed by atoms with Gasteiger partial charge in [-0.05, 0) is 32.1 Å². The Morgan fingerprint density at radius 1 is 1.37 bits per heavy atom. The molecule has 0 amide bonds. The van der Waals surface area contributed by atoms with Crippen LogP contribution >= 0.6 is 11.3 Å². The highest BCUT2D eigenvalue weighted by Crippen LogP contribution is 2.40. The maximum Gasteiger partial charge on any atom is 0.186 e. The normalized spacial score (nSPS) is 18.3. The zero-order chi connectivity index (χ0) is 14.4. The number of anilines is 1. The molecule has 1 heterocycles. The predicted molar refractivity (Wildman–Crippen MR) is 81.3 cm³/mol. The SMILES string of the molecule is CCC(C)(C)N(C)c1nc2c(s1)C(=O)CC(C)(C)C2. The Kier molecular flexibility index (Phi) is 3.50. The second kappa shape index (κ2) is 4.58. The van der Waals surface area contributed by atoms with E-state index in [1.165, 1.54) is 0 Å². The van der Waals surface area contributed by atoms with Crippen molar-refractivity contribution >= 4 is 22.3 Å². The highest BCUT2D eigenvalue weighted by Gasteiger charge is 2.35. The second-order valence-electron chi connectivity index (χ2n) is 6.94. The maximum atomic E-state index is 12.2. The number of hydrogen-bond acceptors (Lipinski definition) is 4. The number of rotatable bonds is 3. The van der Waals surface area contributed by atoms with E-state index in [1.54, 1.807) is 11.3 Å². The monoisotopic (exact) mass is 280 g/mol. The van der Waals surface area contributed by atoms with E-state index in [0.717, 1.165) is 28.5 Å². The van der Waals surface area contributed by atoms with Crippen LogP contribution < -0.4 is 4.90 Å². The lowest BCUT2D eigenvalue weighted by Gasteiger charge is -2.34. The molecule has 0 saturated carbocycles. The summed E-state index contributed by atoms with van der Waals surface area (Å²) in [7, 11) is 2.07. The van der Waals surface area contributed by atoms with Crippen molar-refractivity contribution in [2.45, 2.75) is 59.4 Å². The van der Waals surface area contributed by atoms with E-state index in [-0.39, 0.29) is 16.7 Å². The van der Waals surface area contributed by atoms with Crippen molar-refractivity contribution in [3.63, 3.8) is 0 Å². The summed E-state index contributed by atoms with van der Waals surface area (Å²) in [5, 5.41) is 0.975. The van der Waals surface area contributed by atoms with Crippen LogP contribution in [0.15, 0.2) is 0 Å². The molecule has 0 spiro atoms. The number of aromatic nitrogens is 1. The third-order valence-electron chi connectivity index (χ3n) is 4.28. The first-order chi connectivity index (χ1) is 8.66. The van der Waals surface area contributed by atoms with Gasteiger partial charge in [0.25, 0.3) is 0 Å². The van der Waals surface area contributed by atoms with E-state index in [2.05, 4.69) is 46.6 Å². The van der Waals surface area contributed by atoms with E-state index in [1.807, 2.05) is 0 Å². The van der Waals surface area contributed by atoms with Gasteiger partial charge < -0.3 is 4.90 Å². The average Bonchev–Trinajstić information content (AvgIpc) is 2.70. The zero-order valence-corrected chi connectivity index (χ0v) is 13.6. The van der Waals surface area contributed by atoms with Crippen molar-refractivity contribution in [3.8, 4) is 0 Å². The molecule has 0 aromatic carbocycles. The molecule has 1 aromatic rings. The third-order valence-corrected chi connectivity index (χ3v) is 5.50. The summed E-state index contributed by atoms with van der Waals surface area (Å²) in [5.41, 5.74) is 1.12. The number of hydrogen-bond donors (Lipinski definition) is 0. The number of carbonyl (C=O) groups is 1. The summed E-state index contributed by atoms with van der Waals surface area (Å²) in [6.45, 7) is 10.9. The molecule has 1 aromatic heterocycles. The molecule has 4 heteroatoms. The molecule has 0 N–H and O–H groups in total. The minimum atomic E-state index is 0.0499. The molecule has 1 aliphatic carbocycles. The molecule has 0 bridgehead atoms. The van der Waals surface area contributed by atoms with Gasteiger partial charge in [-0.3, -0.25) is 4.79 Å². The molecule has 0 atom stereocenters. The number of thiazole rings is 1. The van der Waals surface area contributed by atoms with E-state index in [0.29, 0.717) is 6.42 Å². The molecule has 19 heavy (non-hydrogen) atoms. The molecular formula is C15H24N2OS. The van der Waals surface area contributed by atoms with Gasteiger partial charge in [0.1, 0.15) is 0 Å². The average molecular weight is 280 g/mol. The van der Waals surface area contributed by atoms with Gasteiger partial charge in [-0.15, -0.1) is 0 Å². The molecule has 0 radical (unpaired) electrons. The predicted octanol–water partition coefficient (Wildman–Crippen LogP) is 3.92. The van der Waals surface area contributed by atoms with Crippen LogP contribution in [0.1, 0.15) is 62.8 Å². The summed E-state index contributed by atoms with van der Waals surface area (Å²) in [4.78, 5) is 20.0. The quantitative estimate of drug-likeness (QED) is 0.841. The Hall–Kier alpha value is -0.900. The van der Waals surface area contributed by atoms with Gasteiger partial charge in [-0.2, -0.15) is 0 Å². The third kappa shape index (κ3) is 2.69. The molecule has 3 nitrogen and oxygen atoms in total. The lowest BCUT2D eigenvalue weighted by atomic mass is 9.78. The van der Waals surface area contributed by atoms with Crippen LogP contribution in [-0.4, -0.2) is 23.4 Å². The first-order valence-electron chi connectivity index (χ1n) is 6.93. The van der Waals surface area contributed by atoms with Gasteiger partial charge in [0, 0.05) is 19.0 Å². The number of fused-ring (bicyclic) bond motifs is 1. The van der Waals surface area contributed by atoms with Crippen molar-refractivity contribution in [1.82, 2.24) is 4.98 Å². The highest BCUT2D eigenvalue weighted by atomic mass is 32.1. The maximum absolute atomic E-state index is 12.2. The van der Waals surface area contributed by atoms with Crippen LogP contribution in [0.3, 0.4) is 0 Å². The molecule has 0 unspecified atom stereocenters. The highest BCUT2D eigenvalue weighted by molar-refractivity contribution is 7.17. The second-order valence-corrected chi connectivity index (χ2v) is 7.92. The molecule has 0 saturated heterocycles. The summed E-state index contributed by atoms with van der Waals surface area (Å²) in [6.07, 6.45) is 2.60. The van der Waals surface area contributed by atoms with Crippen LogP contribution in [0, 0.1) is 5.41 Å². The first kappa shape index (κ1) is 14.5. The van der Waals surface area contributed by atoms with Gasteiger partial charge in [-0.25, -0.2) is 4.98 Å². The summed E-state index contributed by atoms with van der Waals surface area (Å²) < 4.78 is 0. The van der Waals surface area contributed by atoms with Crippen molar-refractivity contribution in [2.24, 2.45) is 5.41 Å². The van der Waals surface area contributed by atoms with Gasteiger partial charge in [0.2, 0.25) is 0 Å². The molecular weight excluding hydrogens is 256 g/mol. The minimum absolute atomic E-state index is 0.0499. The zero-order valence-electron chi connectivity index (χ0n) is 12.8. The lowest BCUT2D eigenvalue weighted by molar-refractivity contribution is 0.0916. The standard InChI is InChI=1S/C15H24N2OS/c1-7-15(4,5)17(6)13-16-10-8-14(2,3)9-11(18)12(10)19-13/h7-9H2,1-6H3. The van der Waals surface area contributed by atoms with E-state index >= 15 is 0 Å². The van der Waals surface area contributed by atoms with E-state index < -0.39 is 0 Å². The van der Waals surface area contributed by atoms with Gasteiger partial charge in [0.05, 0.1) is 10.6 Å². The van der Waals surface area contributed by atoms with Crippen LogP contribution in [0.4, 0.5) is 5.13 Å². The summed E-state index contributed by atoms with van der Waals surface area (Å²) >= 11 is 1.56. The topological polar surface area (TPSA) is 33.2 Å². The number of carbonyl (C=O) groups excluding carboxylic acids is 1. The van der Waals surface area contributed by atoms with Crippen molar-refractivity contribution in [2.75, 3.05) is 11.9 Å². The van der Waals surface area contributed by atoms with Crippen LogP contribution in [0.25, 0.3) is 0 Å². The van der Waals surface area contributed by atoms with E-state index in [4.69, 9.17) is 4.98 Å². The van der Waals surface area contributed by atoms with Crippen molar-refractivity contribution in [3.05, 3.63) is 10.6 Å². The fraction of sp³-hybridized carbons (Fsp3) is 0.733. The Morgan fingerprint density at radius 2 is 2.00 bits per heavy atom. The molecule has 2 rings (SSSR count). The van der Waals surface area contributed by atoms with Crippen LogP contribution in [-0.2, 0) is 6.42 Å². The Morgan fingerprint density at radius 3 is 2.58 bits per heavy atom. The van der Waals surface area contributed by atoms with Crippen LogP contribution in [0.5, 0.6) is 0 Å². The fourth-order valence-corrected chi connectivity index (χ4v) is 3.49. The Balaban J connectivity index is 2.36. The van der Waals surface area contributed by atoms with Crippen LogP contribution in [0.2, 0.25) is 0 Å². The largest absolute Gasteiger partial charge is 0.346 e. The van der Waals surface area contributed by atoms with Gasteiger partial charge >= 0.3 is 0 Å². The van der Waals surface area contributed by atoms with Crippen molar-refractivity contribution in [1.29, 1.82) is 0 Å². The number of nitrogens with zero attached hydrogens (tertiary/aromatic N) is 2. The summed E-state index contributed by atoms with van der Waals surface area (Å²) in [5.74, 6) is 0.262. The molecule has 0 fully saturated rings. The Labute approximate surface area is 120 Å². The van der Waals surface area contributed by atoms with Gasteiger partial charge in [-0.1, -0.05) is 32.1 Å². The number of Topliss-reactive ketones (excluding diaryl/α,β-unsaturated/α-hetero) is 1. The molecule has 0 aliphatic heterocycles. The molecule has 106 valence electrons. The Bertz CT molecular complexity index is 502. The first-order valence-corrected chi connectivity index (χ1v) is 7.75. The number of ketones is 1. The fourth-order valence-electron chi connectivity index (χ4n) is 2.35. The lowest BCUT2D eigenvalue weighted by Crippen LogP contribution is -2.40. The van der Waals surface area contributed by atoms with Crippen molar-refractivity contribution < 1.29 is 4.79 Å². The summed E-state index contributed by atoms with van der Waals surface area (Å²) in [6, 6.07) is 0. The van der Waals surface area contributed by atoms with Gasteiger partial charge in [0.15, 0.2) is 10.9 Å². The molecule has 1 aliphatic rings. The van der Waals surface area contributed by atoms with E-state index in [9.17, 15) is 4.79 Å². The minimum Gasteiger partial charge on any atom is -0.346 e.